The first kappa shape index (κ1) is 18.4. The van der Waals surface area contributed by atoms with Crippen molar-refractivity contribution in [3.63, 3.8) is 0 Å². The number of halogens is 1. The molecule has 1 aliphatic rings. The van der Waals surface area contributed by atoms with Crippen LogP contribution in [-0.4, -0.2) is 30.5 Å². The minimum absolute atomic E-state index is 0.160. The van der Waals surface area contributed by atoms with Gasteiger partial charge in [0.25, 0.3) is 5.91 Å². The Morgan fingerprint density at radius 3 is 2.75 bits per heavy atom. The van der Waals surface area contributed by atoms with Crippen molar-refractivity contribution in [2.24, 2.45) is 5.92 Å². The van der Waals surface area contributed by atoms with E-state index < -0.39 is 0 Å². The van der Waals surface area contributed by atoms with Crippen LogP contribution >= 0.6 is 0 Å². The summed E-state index contributed by atoms with van der Waals surface area (Å²) in [6, 6.07) is 13.5. The van der Waals surface area contributed by atoms with E-state index in [1.54, 1.807) is 36.4 Å². The van der Waals surface area contributed by atoms with Crippen LogP contribution in [0.4, 0.5) is 4.39 Å². The SMILES string of the molecule is O=C(NCCC1CCNC1)c1ccccc1-c1ncc(-c2ccccc2F)o1. The van der Waals surface area contributed by atoms with Gasteiger partial charge in [-0.25, -0.2) is 9.37 Å². The Kier molecular flexibility index (Phi) is 5.48. The number of hydrogen-bond acceptors (Lipinski definition) is 4. The second kappa shape index (κ2) is 8.35. The topological polar surface area (TPSA) is 67.2 Å². The number of nitrogens with zero attached hydrogens (tertiary/aromatic N) is 1. The zero-order chi connectivity index (χ0) is 19.3. The highest BCUT2D eigenvalue weighted by Gasteiger charge is 2.19. The van der Waals surface area contributed by atoms with Crippen molar-refractivity contribution in [3.05, 3.63) is 66.1 Å². The molecule has 28 heavy (non-hydrogen) atoms. The van der Waals surface area contributed by atoms with Crippen molar-refractivity contribution in [3.8, 4) is 22.8 Å². The smallest absolute Gasteiger partial charge is 0.252 e. The summed E-state index contributed by atoms with van der Waals surface area (Å²) < 4.78 is 19.8. The summed E-state index contributed by atoms with van der Waals surface area (Å²) in [7, 11) is 0. The Hall–Kier alpha value is -2.99. The lowest BCUT2D eigenvalue weighted by Gasteiger charge is -2.11. The molecule has 1 saturated heterocycles. The minimum atomic E-state index is -0.377. The lowest BCUT2D eigenvalue weighted by atomic mass is 10.0. The van der Waals surface area contributed by atoms with Gasteiger partial charge in [0, 0.05) is 12.1 Å². The maximum atomic E-state index is 14.0. The van der Waals surface area contributed by atoms with Gasteiger partial charge in [-0.05, 0) is 56.1 Å². The standard InChI is InChI=1S/C22H22FN3O2/c23-19-8-4-3-7-18(19)20-14-26-22(28-20)17-6-2-1-5-16(17)21(27)25-12-10-15-9-11-24-13-15/h1-8,14-15,24H,9-13H2,(H,25,27). The van der Waals surface area contributed by atoms with E-state index in [0.717, 1.165) is 25.9 Å². The van der Waals surface area contributed by atoms with Crippen molar-refractivity contribution < 1.29 is 13.6 Å². The molecular formula is C22H22FN3O2. The summed E-state index contributed by atoms with van der Waals surface area (Å²) in [6.45, 7) is 2.70. The summed E-state index contributed by atoms with van der Waals surface area (Å²) in [5, 5.41) is 6.32. The number of benzene rings is 2. The van der Waals surface area contributed by atoms with Gasteiger partial charge in [0.1, 0.15) is 5.82 Å². The van der Waals surface area contributed by atoms with Gasteiger partial charge in [0.05, 0.1) is 17.3 Å². The largest absolute Gasteiger partial charge is 0.436 e. The van der Waals surface area contributed by atoms with Crippen LogP contribution in [0.15, 0.2) is 59.1 Å². The lowest BCUT2D eigenvalue weighted by Crippen LogP contribution is -2.26. The molecule has 6 heteroatoms. The Morgan fingerprint density at radius 2 is 1.96 bits per heavy atom. The summed E-state index contributed by atoms with van der Waals surface area (Å²) in [6.07, 6.45) is 3.59. The predicted molar refractivity (Wildman–Crippen MR) is 105 cm³/mol. The highest BCUT2D eigenvalue weighted by Crippen LogP contribution is 2.29. The van der Waals surface area contributed by atoms with E-state index in [1.165, 1.54) is 12.3 Å². The van der Waals surface area contributed by atoms with Gasteiger partial charge in [-0.3, -0.25) is 4.79 Å². The first-order valence-corrected chi connectivity index (χ1v) is 9.51. The molecule has 5 nitrogen and oxygen atoms in total. The minimum Gasteiger partial charge on any atom is -0.436 e. The van der Waals surface area contributed by atoms with Crippen LogP contribution in [0.3, 0.4) is 0 Å². The van der Waals surface area contributed by atoms with Crippen molar-refractivity contribution in [1.29, 1.82) is 0 Å². The molecule has 1 aliphatic heterocycles. The Balaban J connectivity index is 1.51. The van der Waals surface area contributed by atoms with E-state index >= 15 is 0 Å². The van der Waals surface area contributed by atoms with Gasteiger partial charge >= 0.3 is 0 Å². The quantitative estimate of drug-likeness (QED) is 0.682. The van der Waals surface area contributed by atoms with Gasteiger partial charge in [-0.2, -0.15) is 0 Å². The number of aromatic nitrogens is 1. The number of amides is 1. The number of hydrogen-bond donors (Lipinski definition) is 2. The molecule has 2 heterocycles. The van der Waals surface area contributed by atoms with Crippen LogP contribution in [0, 0.1) is 11.7 Å². The zero-order valence-corrected chi connectivity index (χ0v) is 15.5. The van der Waals surface area contributed by atoms with Crippen molar-refractivity contribution in [2.75, 3.05) is 19.6 Å². The average molecular weight is 379 g/mol. The molecule has 3 aromatic rings. The summed E-state index contributed by atoms with van der Waals surface area (Å²) in [5.41, 5.74) is 1.42. The first-order chi connectivity index (χ1) is 13.7. The number of carbonyl (C=O) groups is 1. The number of nitrogens with one attached hydrogen (secondary N) is 2. The average Bonchev–Trinajstić information content (AvgIpc) is 3.40. The fourth-order valence-corrected chi connectivity index (χ4v) is 3.50. The van der Waals surface area contributed by atoms with Crippen molar-refractivity contribution in [2.45, 2.75) is 12.8 Å². The van der Waals surface area contributed by atoms with Crippen LogP contribution in [0.2, 0.25) is 0 Å². The Labute approximate surface area is 163 Å². The maximum Gasteiger partial charge on any atom is 0.252 e. The van der Waals surface area contributed by atoms with E-state index in [9.17, 15) is 9.18 Å². The molecule has 144 valence electrons. The Morgan fingerprint density at radius 1 is 1.18 bits per heavy atom. The van der Waals surface area contributed by atoms with Crippen LogP contribution in [0.1, 0.15) is 23.2 Å². The molecule has 1 aromatic heterocycles. The lowest BCUT2D eigenvalue weighted by molar-refractivity contribution is 0.0952. The third-order valence-corrected chi connectivity index (χ3v) is 5.05. The van der Waals surface area contributed by atoms with E-state index in [4.69, 9.17) is 4.42 Å². The van der Waals surface area contributed by atoms with Crippen LogP contribution in [0.25, 0.3) is 22.8 Å². The van der Waals surface area contributed by atoms with Crippen LogP contribution in [0.5, 0.6) is 0 Å². The molecule has 0 saturated carbocycles. The fourth-order valence-electron chi connectivity index (χ4n) is 3.50. The molecule has 2 N–H and O–H groups in total. The van der Waals surface area contributed by atoms with Gasteiger partial charge < -0.3 is 15.1 Å². The number of rotatable bonds is 6. The van der Waals surface area contributed by atoms with Crippen molar-refractivity contribution in [1.82, 2.24) is 15.6 Å². The zero-order valence-electron chi connectivity index (χ0n) is 15.5. The first-order valence-electron chi connectivity index (χ1n) is 9.51. The van der Waals surface area contributed by atoms with Gasteiger partial charge in [0.15, 0.2) is 5.76 Å². The Bertz CT molecular complexity index is 964. The molecule has 4 rings (SSSR count). The normalized spacial score (nSPS) is 16.2. The molecule has 1 amide bonds. The molecule has 0 bridgehead atoms. The summed E-state index contributed by atoms with van der Waals surface area (Å²) >= 11 is 0. The monoisotopic (exact) mass is 379 g/mol. The highest BCUT2D eigenvalue weighted by atomic mass is 19.1. The summed E-state index contributed by atoms with van der Waals surface area (Å²) in [4.78, 5) is 17.0. The van der Waals surface area contributed by atoms with Crippen molar-refractivity contribution >= 4 is 5.91 Å². The molecule has 0 aliphatic carbocycles. The highest BCUT2D eigenvalue weighted by molar-refractivity contribution is 6.00. The van der Waals surface area contributed by atoms with E-state index in [0.29, 0.717) is 40.8 Å². The molecular weight excluding hydrogens is 357 g/mol. The maximum absolute atomic E-state index is 14.0. The summed E-state index contributed by atoms with van der Waals surface area (Å²) in [5.74, 6) is 0.705. The van der Waals surface area contributed by atoms with Crippen LogP contribution < -0.4 is 10.6 Å². The van der Waals surface area contributed by atoms with Gasteiger partial charge in [-0.15, -0.1) is 0 Å². The third kappa shape index (κ3) is 3.97. The number of carbonyl (C=O) groups excluding carboxylic acids is 1. The molecule has 1 fully saturated rings. The molecule has 0 radical (unpaired) electrons. The molecule has 1 unspecified atom stereocenters. The second-order valence-corrected chi connectivity index (χ2v) is 6.96. The predicted octanol–water partition coefficient (Wildman–Crippen LogP) is 3.88. The molecule has 1 atom stereocenters. The van der Waals surface area contributed by atoms with E-state index in [-0.39, 0.29) is 11.7 Å². The van der Waals surface area contributed by atoms with Gasteiger partial charge in [0.2, 0.25) is 5.89 Å². The van der Waals surface area contributed by atoms with E-state index in [2.05, 4.69) is 15.6 Å². The second-order valence-electron chi connectivity index (χ2n) is 6.96. The number of oxazole rings is 1. The van der Waals surface area contributed by atoms with Gasteiger partial charge in [-0.1, -0.05) is 24.3 Å². The molecule has 0 spiro atoms. The molecule has 2 aromatic carbocycles. The third-order valence-electron chi connectivity index (χ3n) is 5.05. The van der Waals surface area contributed by atoms with Crippen LogP contribution in [-0.2, 0) is 0 Å². The fraction of sp³-hybridized carbons (Fsp3) is 0.273. The van der Waals surface area contributed by atoms with E-state index in [1.807, 2.05) is 6.07 Å².